The first-order valence-electron chi connectivity index (χ1n) is 7.10. The number of hydrogen-bond acceptors (Lipinski definition) is 0. The van der Waals surface area contributed by atoms with Crippen molar-refractivity contribution in [2.45, 2.75) is 38.6 Å². The maximum absolute atomic E-state index is 3.89. The molecule has 1 atom stereocenters. The van der Waals surface area contributed by atoms with Crippen molar-refractivity contribution < 1.29 is 10.6 Å². The molecule has 1 heterocycles. The molecule has 1 aliphatic heterocycles. The Morgan fingerprint density at radius 3 is 2.59 bits per heavy atom. The predicted molar refractivity (Wildman–Crippen MR) is 70.8 cm³/mol. The molecule has 0 bridgehead atoms. The summed E-state index contributed by atoms with van der Waals surface area (Å²) in [4.78, 5) is 1.78. The van der Waals surface area contributed by atoms with Gasteiger partial charge in [-0.3, -0.25) is 0 Å². The monoisotopic (exact) mass is 234 g/mol. The van der Waals surface area contributed by atoms with Crippen LogP contribution in [0.15, 0.2) is 24.3 Å². The lowest BCUT2D eigenvalue weighted by Crippen LogP contribution is -3.11. The fraction of sp³-hybridized carbons (Fsp3) is 0.600. The van der Waals surface area contributed by atoms with E-state index in [4.69, 9.17) is 0 Å². The SMILES string of the molecule is [NH3+]CCCCCC[NH+]1CCc2ccccc2C1. The van der Waals surface area contributed by atoms with Crippen molar-refractivity contribution in [1.29, 1.82) is 0 Å². The van der Waals surface area contributed by atoms with E-state index in [1.165, 1.54) is 51.7 Å². The van der Waals surface area contributed by atoms with E-state index < -0.39 is 0 Å². The molecular formula is C15H26N2+2. The van der Waals surface area contributed by atoms with Crippen molar-refractivity contribution in [2.24, 2.45) is 0 Å². The van der Waals surface area contributed by atoms with E-state index in [0.29, 0.717) is 0 Å². The smallest absolute Gasteiger partial charge is 0.103 e. The van der Waals surface area contributed by atoms with Crippen molar-refractivity contribution in [1.82, 2.24) is 0 Å². The van der Waals surface area contributed by atoms with Gasteiger partial charge in [0.1, 0.15) is 6.54 Å². The summed E-state index contributed by atoms with van der Waals surface area (Å²) >= 11 is 0. The maximum Gasteiger partial charge on any atom is 0.103 e. The standard InChI is InChI=1S/C15H24N2/c16-10-5-1-2-6-11-17-12-9-14-7-3-4-8-15(14)13-17/h3-4,7-8H,1-2,5-6,9-13,16H2/p+2. The average Bonchev–Trinajstić information content (AvgIpc) is 2.38. The Morgan fingerprint density at radius 1 is 1.00 bits per heavy atom. The van der Waals surface area contributed by atoms with Crippen molar-refractivity contribution in [3.63, 3.8) is 0 Å². The normalized spacial score (nSPS) is 19.0. The quantitative estimate of drug-likeness (QED) is 0.669. The van der Waals surface area contributed by atoms with E-state index in [9.17, 15) is 0 Å². The summed E-state index contributed by atoms with van der Waals surface area (Å²) < 4.78 is 0. The molecule has 2 nitrogen and oxygen atoms in total. The van der Waals surface area contributed by atoms with Crippen molar-refractivity contribution in [3.8, 4) is 0 Å². The lowest BCUT2D eigenvalue weighted by Gasteiger charge is -2.25. The second-order valence-corrected chi connectivity index (χ2v) is 5.21. The topological polar surface area (TPSA) is 32.1 Å². The number of quaternary nitrogens is 2. The van der Waals surface area contributed by atoms with Crippen LogP contribution in [0.25, 0.3) is 0 Å². The van der Waals surface area contributed by atoms with Gasteiger partial charge in [-0.1, -0.05) is 24.3 Å². The van der Waals surface area contributed by atoms with Gasteiger partial charge >= 0.3 is 0 Å². The molecule has 1 aromatic carbocycles. The maximum atomic E-state index is 3.89. The zero-order valence-corrected chi connectivity index (χ0v) is 10.9. The Hall–Kier alpha value is -0.860. The first kappa shape index (κ1) is 12.6. The van der Waals surface area contributed by atoms with Crippen LogP contribution in [0.1, 0.15) is 36.8 Å². The van der Waals surface area contributed by atoms with Crippen LogP contribution >= 0.6 is 0 Å². The van der Waals surface area contributed by atoms with Crippen LogP contribution in [0.2, 0.25) is 0 Å². The summed E-state index contributed by atoms with van der Waals surface area (Å²) in [6.07, 6.45) is 6.72. The highest BCUT2D eigenvalue weighted by Crippen LogP contribution is 2.10. The third-order valence-electron chi connectivity index (χ3n) is 3.84. The molecule has 17 heavy (non-hydrogen) atoms. The molecule has 94 valence electrons. The molecule has 0 aromatic heterocycles. The number of unbranched alkanes of at least 4 members (excludes halogenated alkanes) is 3. The van der Waals surface area contributed by atoms with Crippen LogP contribution in [-0.4, -0.2) is 19.6 Å². The fourth-order valence-electron chi connectivity index (χ4n) is 2.76. The number of nitrogens with one attached hydrogen (secondary N) is 1. The predicted octanol–water partition coefficient (Wildman–Crippen LogP) is 0.430. The van der Waals surface area contributed by atoms with Crippen molar-refractivity contribution >= 4 is 0 Å². The number of rotatable bonds is 6. The number of benzene rings is 1. The van der Waals surface area contributed by atoms with Gasteiger partial charge in [0.25, 0.3) is 0 Å². The highest BCUT2D eigenvalue weighted by molar-refractivity contribution is 5.27. The molecule has 4 N–H and O–H groups in total. The van der Waals surface area contributed by atoms with Crippen molar-refractivity contribution in [3.05, 3.63) is 35.4 Å². The van der Waals surface area contributed by atoms with Gasteiger partial charge < -0.3 is 10.6 Å². The van der Waals surface area contributed by atoms with Crippen LogP contribution in [0, 0.1) is 0 Å². The van der Waals surface area contributed by atoms with Crippen LogP contribution < -0.4 is 10.6 Å². The molecule has 0 spiro atoms. The van der Waals surface area contributed by atoms with E-state index >= 15 is 0 Å². The van der Waals surface area contributed by atoms with Crippen LogP contribution in [0.3, 0.4) is 0 Å². The van der Waals surface area contributed by atoms with Gasteiger partial charge in [-0.05, 0) is 31.2 Å². The van der Waals surface area contributed by atoms with E-state index in [1.807, 2.05) is 0 Å². The Kier molecular flexibility index (Phi) is 5.02. The summed E-state index contributed by atoms with van der Waals surface area (Å²) in [5.74, 6) is 0. The molecule has 1 aromatic rings. The minimum absolute atomic E-state index is 1.10. The minimum Gasteiger partial charge on any atom is -0.358 e. The third kappa shape index (κ3) is 3.83. The van der Waals surface area contributed by atoms with Gasteiger partial charge in [0.05, 0.1) is 19.6 Å². The molecule has 0 fully saturated rings. The number of fused-ring (bicyclic) bond motifs is 1. The molecule has 0 saturated heterocycles. The lowest BCUT2D eigenvalue weighted by atomic mass is 10.00. The summed E-state index contributed by atoms with van der Waals surface area (Å²) in [7, 11) is 0. The van der Waals surface area contributed by atoms with Gasteiger partial charge in [-0.25, -0.2) is 0 Å². The van der Waals surface area contributed by atoms with Gasteiger partial charge in [0.15, 0.2) is 0 Å². The summed E-state index contributed by atoms with van der Waals surface area (Å²) in [5, 5.41) is 0. The molecule has 0 saturated carbocycles. The van der Waals surface area contributed by atoms with Crippen LogP contribution in [-0.2, 0) is 13.0 Å². The number of hydrogen-bond donors (Lipinski definition) is 2. The highest BCUT2D eigenvalue weighted by Gasteiger charge is 2.17. The molecule has 0 amide bonds. The summed E-state index contributed by atoms with van der Waals surface area (Å²) in [5.41, 5.74) is 7.05. The largest absolute Gasteiger partial charge is 0.358 e. The zero-order valence-electron chi connectivity index (χ0n) is 10.9. The first-order valence-corrected chi connectivity index (χ1v) is 7.10. The second kappa shape index (κ2) is 6.77. The Balaban J connectivity index is 1.71. The van der Waals surface area contributed by atoms with Crippen LogP contribution in [0.5, 0.6) is 0 Å². The molecule has 1 aliphatic rings. The Labute approximate surface area is 105 Å². The van der Waals surface area contributed by atoms with Gasteiger partial charge in [-0.15, -0.1) is 0 Å². The molecule has 1 unspecified atom stereocenters. The second-order valence-electron chi connectivity index (χ2n) is 5.21. The van der Waals surface area contributed by atoms with Gasteiger partial charge in [0, 0.05) is 12.0 Å². The van der Waals surface area contributed by atoms with E-state index in [2.05, 4.69) is 30.0 Å². The molecular weight excluding hydrogens is 208 g/mol. The lowest BCUT2D eigenvalue weighted by molar-refractivity contribution is -0.916. The molecule has 0 aliphatic carbocycles. The molecule has 0 radical (unpaired) electrons. The van der Waals surface area contributed by atoms with Crippen LogP contribution in [0.4, 0.5) is 0 Å². The summed E-state index contributed by atoms with van der Waals surface area (Å²) in [6, 6.07) is 8.94. The fourth-order valence-corrected chi connectivity index (χ4v) is 2.76. The molecule has 2 rings (SSSR count). The average molecular weight is 234 g/mol. The van der Waals surface area contributed by atoms with Gasteiger partial charge in [-0.2, -0.15) is 0 Å². The Morgan fingerprint density at radius 2 is 1.76 bits per heavy atom. The minimum atomic E-state index is 1.10. The Bertz CT molecular complexity index is 335. The van der Waals surface area contributed by atoms with E-state index in [1.54, 1.807) is 16.0 Å². The highest BCUT2D eigenvalue weighted by atomic mass is 15.1. The van der Waals surface area contributed by atoms with E-state index in [0.717, 1.165) is 6.54 Å². The van der Waals surface area contributed by atoms with Gasteiger partial charge in [0.2, 0.25) is 0 Å². The first-order chi connectivity index (χ1) is 8.40. The van der Waals surface area contributed by atoms with Crippen molar-refractivity contribution in [2.75, 3.05) is 19.6 Å². The molecule has 2 heteroatoms. The summed E-state index contributed by atoms with van der Waals surface area (Å²) in [6.45, 7) is 5.02. The zero-order chi connectivity index (χ0) is 11.9. The third-order valence-corrected chi connectivity index (χ3v) is 3.84. The van der Waals surface area contributed by atoms with E-state index in [-0.39, 0.29) is 0 Å².